The Morgan fingerprint density at radius 1 is 1.18 bits per heavy atom. The second-order valence-corrected chi connectivity index (χ2v) is 8.80. The molecule has 2 aromatic carbocycles. The van der Waals surface area contributed by atoms with Gasteiger partial charge in [0.1, 0.15) is 6.54 Å². The molecule has 1 saturated heterocycles. The van der Waals surface area contributed by atoms with Gasteiger partial charge in [-0.3, -0.25) is 19.3 Å². The zero-order chi connectivity index (χ0) is 24.1. The summed E-state index contributed by atoms with van der Waals surface area (Å²) in [6.45, 7) is 7.51. The van der Waals surface area contributed by atoms with Gasteiger partial charge in [-0.15, -0.1) is 0 Å². The van der Waals surface area contributed by atoms with Gasteiger partial charge in [0.05, 0.1) is 18.1 Å². The number of methoxy groups -OCH3 is 1. The highest BCUT2D eigenvalue weighted by atomic mass is 32.2. The van der Waals surface area contributed by atoms with Crippen molar-refractivity contribution in [1.82, 2.24) is 4.90 Å². The Morgan fingerprint density at radius 3 is 2.64 bits per heavy atom. The van der Waals surface area contributed by atoms with Gasteiger partial charge in [-0.2, -0.15) is 0 Å². The number of aryl methyl sites for hydroxylation is 1. The average Bonchev–Trinajstić information content (AvgIpc) is 3.05. The molecule has 0 aliphatic carbocycles. The van der Waals surface area contributed by atoms with Gasteiger partial charge in [0.25, 0.3) is 11.1 Å². The number of ether oxygens (including phenoxy) is 2. The van der Waals surface area contributed by atoms with E-state index in [1.807, 2.05) is 39.8 Å². The van der Waals surface area contributed by atoms with Crippen LogP contribution in [0.3, 0.4) is 0 Å². The molecule has 0 saturated carbocycles. The van der Waals surface area contributed by atoms with Crippen LogP contribution in [0.5, 0.6) is 11.5 Å². The lowest BCUT2D eigenvalue weighted by atomic mass is 10.1. The van der Waals surface area contributed by atoms with E-state index >= 15 is 0 Å². The summed E-state index contributed by atoms with van der Waals surface area (Å²) in [5.41, 5.74) is 3.33. The van der Waals surface area contributed by atoms with E-state index in [4.69, 9.17) is 9.47 Å². The van der Waals surface area contributed by atoms with Gasteiger partial charge in [0.2, 0.25) is 5.91 Å². The standard InChI is InChI=1S/C25H28N2O5S/c1-6-16(3)32-20-11-10-18(12-21(20)31-5)13-22-24(29)27(25(30)33-22)14-23(28)26-19-9-7-8-15(2)17(19)4/h7-13,16H,6,14H2,1-5H3,(H,26,28)/b22-13-/t16-/m0/s1. The number of imide groups is 1. The minimum Gasteiger partial charge on any atom is -0.493 e. The Hall–Kier alpha value is -3.26. The first-order valence-corrected chi connectivity index (χ1v) is 11.5. The molecular formula is C25H28N2O5S. The molecule has 8 heteroatoms. The zero-order valence-corrected chi connectivity index (χ0v) is 20.2. The van der Waals surface area contributed by atoms with Crippen molar-refractivity contribution in [2.45, 2.75) is 40.2 Å². The van der Waals surface area contributed by atoms with E-state index in [9.17, 15) is 14.4 Å². The van der Waals surface area contributed by atoms with E-state index in [-0.39, 0.29) is 17.6 Å². The molecule has 1 aliphatic heterocycles. The topological polar surface area (TPSA) is 84.9 Å². The highest BCUT2D eigenvalue weighted by molar-refractivity contribution is 8.18. The monoisotopic (exact) mass is 468 g/mol. The first kappa shape index (κ1) is 24.4. The SMILES string of the molecule is CC[C@H](C)Oc1ccc(/C=C2\SC(=O)N(CC(=O)Nc3cccc(C)c3C)C2=O)cc1OC. The number of nitrogens with zero attached hydrogens (tertiary/aromatic N) is 1. The van der Waals surface area contributed by atoms with Crippen molar-refractivity contribution < 1.29 is 23.9 Å². The number of carbonyl (C=O) groups excluding carboxylic acids is 3. The molecule has 3 amide bonds. The van der Waals surface area contributed by atoms with E-state index in [2.05, 4.69) is 5.32 Å². The minimum atomic E-state index is -0.500. The van der Waals surface area contributed by atoms with Crippen LogP contribution in [-0.2, 0) is 9.59 Å². The molecule has 1 atom stereocenters. The van der Waals surface area contributed by atoms with E-state index in [0.29, 0.717) is 22.7 Å². The summed E-state index contributed by atoms with van der Waals surface area (Å²) in [5.74, 6) is 0.219. The van der Waals surface area contributed by atoms with E-state index in [1.54, 1.807) is 37.5 Å². The molecule has 7 nitrogen and oxygen atoms in total. The van der Waals surface area contributed by atoms with Crippen LogP contribution < -0.4 is 14.8 Å². The minimum absolute atomic E-state index is 0.0379. The Morgan fingerprint density at radius 2 is 1.94 bits per heavy atom. The quantitative estimate of drug-likeness (QED) is 0.539. The number of rotatable bonds is 8. The van der Waals surface area contributed by atoms with Crippen LogP contribution in [0.2, 0.25) is 0 Å². The molecule has 0 aromatic heterocycles. The van der Waals surface area contributed by atoms with Gasteiger partial charge in [0, 0.05) is 5.69 Å². The van der Waals surface area contributed by atoms with Gasteiger partial charge in [-0.25, -0.2) is 0 Å². The number of nitrogens with one attached hydrogen (secondary N) is 1. The maximum Gasteiger partial charge on any atom is 0.294 e. The Bertz CT molecular complexity index is 1110. The smallest absolute Gasteiger partial charge is 0.294 e. The van der Waals surface area contributed by atoms with Gasteiger partial charge < -0.3 is 14.8 Å². The summed E-state index contributed by atoms with van der Waals surface area (Å²) in [7, 11) is 1.55. The molecule has 1 heterocycles. The summed E-state index contributed by atoms with van der Waals surface area (Å²) >= 11 is 0.809. The van der Waals surface area contributed by atoms with Crippen LogP contribution in [0, 0.1) is 13.8 Å². The molecule has 174 valence electrons. The molecule has 1 aliphatic rings. The van der Waals surface area contributed by atoms with Crippen LogP contribution in [0.15, 0.2) is 41.3 Å². The first-order valence-electron chi connectivity index (χ1n) is 10.7. The van der Waals surface area contributed by atoms with Crippen LogP contribution in [0.25, 0.3) is 6.08 Å². The number of amides is 3. The summed E-state index contributed by atoms with van der Waals surface area (Å²) < 4.78 is 11.3. The average molecular weight is 469 g/mol. The molecule has 0 unspecified atom stereocenters. The maximum absolute atomic E-state index is 12.8. The molecular weight excluding hydrogens is 440 g/mol. The summed E-state index contributed by atoms with van der Waals surface area (Å²) in [4.78, 5) is 38.9. The van der Waals surface area contributed by atoms with Crippen molar-refractivity contribution in [3.05, 3.63) is 58.0 Å². The molecule has 2 aromatic rings. The van der Waals surface area contributed by atoms with Crippen molar-refractivity contribution in [2.75, 3.05) is 19.0 Å². The number of benzene rings is 2. The lowest BCUT2D eigenvalue weighted by Crippen LogP contribution is -2.36. The van der Waals surface area contributed by atoms with Crippen molar-refractivity contribution in [3.63, 3.8) is 0 Å². The third-order valence-corrected chi connectivity index (χ3v) is 6.35. The molecule has 1 N–H and O–H groups in total. The van der Waals surface area contributed by atoms with Crippen LogP contribution >= 0.6 is 11.8 Å². The highest BCUT2D eigenvalue weighted by Crippen LogP contribution is 2.35. The predicted molar refractivity (Wildman–Crippen MR) is 131 cm³/mol. The van der Waals surface area contributed by atoms with Crippen LogP contribution in [-0.4, -0.2) is 41.7 Å². The van der Waals surface area contributed by atoms with Gasteiger partial charge in [-0.05, 0) is 79.9 Å². The van der Waals surface area contributed by atoms with Gasteiger partial charge >= 0.3 is 0 Å². The van der Waals surface area contributed by atoms with Crippen LogP contribution in [0.4, 0.5) is 10.5 Å². The maximum atomic E-state index is 12.8. The second kappa shape index (κ2) is 10.6. The number of hydrogen-bond acceptors (Lipinski definition) is 6. The number of carbonyl (C=O) groups is 3. The fourth-order valence-corrected chi connectivity index (χ4v) is 4.02. The molecule has 0 radical (unpaired) electrons. The third-order valence-electron chi connectivity index (χ3n) is 5.44. The number of thioether (sulfide) groups is 1. The zero-order valence-electron chi connectivity index (χ0n) is 19.4. The molecule has 1 fully saturated rings. The molecule has 33 heavy (non-hydrogen) atoms. The van der Waals surface area contributed by atoms with E-state index in [0.717, 1.165) is 34.2 Å². The molecule has 0 spiro atoms. The summed E-state index contributed by atoms with van der Waals surface area (Å²) in [6, 6.07) is 10.9. The van der Waals surface area contributed by atoms with Gasteiger partial charge in [0.15, 0.2) is 11.5 Å². The summed E-state index contributed by atoms with van der Waals surface area (Å²) in [6.07, 6.45) is 2.51. The van der Waals surface area contributed by atoms with Crippen LogP contribution in [0.1, 0.15) is 37.0 Å². The Kier molecular flexibility index (Phi) is 7.81. The predicted octanol–water partition coefficient (Wildman–Crippen LogP) is 5.16. The van der Waals surface area contributed by atoms with E-state index in [1.165, 1.54) is 0 Å². The van der Waals surface area contributed by atoms with E-state index < -0.39 is 17.1 Å². The molecule has 3 rings (SSSR count). The first-order chi connectivity index (χ1) is 15.7. The Labute approximate surface area is 198 Å². The van der Waals surface area contributed by atoms with Crippen molar-refractivity contribution in [1.29, 1.82) is 0 Å². The number of hydrogen-bond donors (Lipinski definition) is 1. The fourth-order valence-electron chi connectivity index (χ4n) is 3.18. The third kappa shape index (κ3) is 5.76. The lowest BCUT2D eigenvalue weighted by molar-refractivity contribution is -0.127. The Balaban J connectivity index is 1.72. The van der Waals surface area contributed by atoms with Crippen molar-refractivity contribution >= 4 is 40.6 Å². The largest absolute Gasteiger partial charge is 0.493 e. The normalized spacial score (nSPS) is 15.7. The summed E-state index contributed by atoms with van der Waals surface area (Å²) in [5, 5.41) is 2.30. The second-order valence-electron chi connectivity index (χ2n) is 7.81. The van der Waals surface area contributed by atoms with Crippen molar-refractivity contribution in [3.8, 4) is 11.5 Å². The highest BCUT2D eigenvalue weighted by Gasteiger charge is 2.36. The number of anilines is 1. The van der Waals surface area contributed by atoms with Gasteiger partial charge in [-0.1, -0.05) is 25.1 Å². The lowest BCUT2D eigenvalue weighted by Gasteiger charge is -2.16. The molecule has 0 bridgehead atoms. The fraction of sp³-hybridized carbons (Fsp3) is 0.320. The van der Waals surface area contributed by atoms with Crippen molar-refractivity contribution in [2.24, 2.45) is 0 Å².